The molecule has 4 aromatic rings. The minimum atomic E-state index is -0.502. The molecule has 10 heteroatoms. The first-order valence-electron chi connectivity index (χ1n) is 12.7. The standard InChI is InChI=1S/C30H32N4O4S2/c1-7-14-34-27(21(5)38-24-11-9-8-10-20(24)4)32-33-30(34)40-17-25(35)31-28-26(29(36)37-6)23(16-39-28)22-15-18(2)12-13-19(22)3/h7-13,15-16,21H,1,14,17H2,2-6H3,(H,31,35). The molecule has 0 aliphatic carbocycles. The van der Waals surface area contributed by atoms with Crippen molar-refractivity contribution >= 4 is 40.0 Å². The van der Waals surface area contributed by atoms with Gasteiger partial charge < -0.3 is 14.8 Å². The fourth-order valence-electron chi connectivity index (χ4n) is 4.21. The van der Waals surface area contributed by atoms with E-state index in [4.69, 9.17) is 9.47 Å². The number of rotatable bonds is 11. The van der Waals surface area contributed by atoms with Crippen molar-refractivity contribution in [3.8, 4) is 16.9 Å². The van der Waals surface area contributed by atoms with Gasteiger partial charge in [-0.25, -0.2) is 4.79 Å². The van der Waals surface area contributed by atoms with Crippen molar-refractivity contribution in [3.63, 3.8) is 0 Å². The molecular weight excluding hydrogens is 544 g/mol. The van der Waals surface area contributed by atoms with E-state index in [9.17, 15) is 9.59 Å². The second-order valence-electron chi connectivity index (χ2n) is 9.27. The maximum atomic E-state index is 13.0. The Balaban J connectivity index is 1.50. The van der Waals surface area contributed by atoms with Gasteiger partial charge in [0, 0.05) is 17.5 Å². The zero-order valence-corrected chi connectivity index (χ0v) is 24.8. The van der Waals surface area contributed by atoms with Gasteiger partial charge in [-0.15, -0.1) is 28.1 Å². The van der Waals surface area contributed by atoms with Gasteiger partial charge in [-0.05, 0) is 50.5 Å². The Morgan fingerprint density at radius 2 is 1.90 bits per heavy atom. The molecule has 0 saturated carbocycles. The average Bonchev–Trinajstić information content (AvgIpc) is 3.54. The summed E-state index contributed by atoms with van der Waals surface area (Å²) in [6.07, 6.45) is 1.38. The van der Waals surface area contributed by atoms with E-state index in [0.717, 1.165) is 33.6 Å². The van der Waals surface area contributed by atoms with Crippen LogP contribution in [-0.4, -0.2) is 39.5 Å². The molecule has 0 radical (unpaired) electrons. The molecule has 208 valence electrons. The average molecular weight is 577 g/mol. The largest absolute Gasteiger partial charge is 0.482 e. The van der Waals surface area contributed by atoms with Crippen LogP contribution in [0.5, 0.6) is 5.75 Å². The van der Waals surface area contributed by atoms with Gasteiger partial charge in [0.15, 0.2) is 17.1 Å². The molecule has 8 nitrogen and oxygen atoms in total. The number of hydrogen-bond donors (Lipinski definition) is 1. The third-order valence-electron chi connectivity index (χ3n) is 6.27. The van der Waals surface area contributed by atoms with Crippen molar-refractivity contribution in [1.29, 1.82) is 0 Å². The van der Waals surface area contributed by atoms with Crippen molar-refractivity contribution in [2.75, 3.05) is 18.2 Å². The minimum absolute atomic E-state index is 0.0691. The highest BCUT2D eigenvalue weighted by atomic mass is 32.2. The van der Waals surface area contributed by atoms with Crippen LogP contribution in [0.25, 0.3) is 11.1 Å². The molecule has 1 unspecified atom stereocenters. The minimum Gasteiger partial charge on any atom is -0.482 e. The lowest BCUT2D eigenvalue weighted by molar-refractivity contribution is -0.113. The highest BCUT2D eigenvalue weighted by molar-refractivity contribution is 7.99. The number of benzene rings is 2. The predicted molar refractivity (Wildman–Crippen MR) is 160 cm³/mol. The summed E-state index contributed by atoms with van der Waals surface area (Å²) >= 11 is 2.55. The number of carbonyl (C=O) groups is 2. The van der Waals surface area contributed by atoms with Gasteiger partial charge in [-0.3, -0.25) is 9.36 Å². The van der Waals surface area contributed by atoms with E-state index in [1.54, 1.807) is 6.08 Å². The predicted octanol–water partition coefficient (Wildman–Crippen LogP) is 6.78. The molecule has 1 atom stereocenters. The Bertz CT molecular complexity index is 1540. The number of aromatic nitrogens is 3. The smallest absolute Gasteiger partial charge is 0.341 e. The summed E-state index contributed by atoms with van der Waals surface area (Å²) in [5, 5.41) is 14.5. The molecule has 0 spiro atoms. The van der Waals surface area contributed by atoms with Gasteiger partial charge in [-0.2, -0.15) is 0 Å². The molecule has 0 saturated heterocycles. The Morgan fingerprint density at radius 3 is 2.62 bits per heavy atom. The fraction of sp³-hybridized carbons (Fsp3) is 0.267. The monoisotopic (exact) mass is 576 g/mol. The van der Waals surface area contributed by atoms with Gasteiger partial charge >= 0.3 is 5.97 Å². The highest BCUT2D eigenvalue weighted by Gasteiger charge is 2.24. The molecule has 2 heterocycles. The number of thiophene rings is 1. The zero-order chi connectivity index (χ0) is 28.8. The van der Waals surface area contributed by atoms with Crippen LogP contribution in [0.15, 0.2) is 65.7 Å². The summed E-state index contributed by atoms with van der Waals surface area (Å²) in [5.74, 6) is 0.700. The molecule has 0 fully saturated rings. The molecule has 0 aliphatic heterocycles. The van der Waals surface area contributed by atoms with Crippen molar-refractivity contribution in [1.82, 2.24) is 14.8 Å². The van der Waals surface area contributed by atoms with E-state index in [1.807, 2.05) is 80.1 Å². The number of amides is 1. The molecule has 2 aromatic heterocycles. The quantitative estimate of drug-likeness (QED) is 0.120. The number of ether oxygens (including phenoxy) is 2. The number of nitrogens with zero attached hydrogens (tertiary/aromatic N) is 3. The summed E-state index contributed by atoms with van der Waals surface area (Å²) in [6, 6.07) is 13.8. The molecule has 1 amide bonds. The first kappa shape index (κ1) is 29.1. The summed E-state index contributed by atoms with van der Waals surface area (Å²) in [6.45, 7) is 12.2. The van der Waals surface area contributed by atoms with Crippen LogP contribution in [0, 0.1) is 20.8 Å². The van der Waals surface area contributed by atoms with Crippen LogP contribution in [0.3, 0.4) is 0 Å². The lowest BCUT2D eigenvalue weighted by atomic mass is 9.97. The van der Waals surface area contributed by atoms with Crippen LogP contribution >= 0.6 is 23.1 Å². The third-order valence-corrected chi connectivity index (χ3v) is 8.13. The van der Waals surface area contributed by atoms with Gasteiger partial charge in [0.1, 0.15) is 16.3 Å². The van der Waals surface area contributed by atoms with Crippen LogP contribution in [0.2, 0.25) is 0 Å². The van der Waals surface area contributed by atoms with E-state index in [2.05, 4.69) is 22.1 Å². The normalized spacial score (nSPS) is 11.6. The second kappa shape index (κ2) is 13.0. The van der Waals surface area contributed by atoms with Gasteiger partial charge in [0.05, 0.1) is 12.9 Å². The number of esters is 1. The van der Waals surface area contributed by atoms with Gasteiger partial charge in [0.2, 0.25) is 5.91 Å². The first-order chi connectivity index (χ1) is 19.2. The van der Waals surface area contributed by atoms with Gasteiger partial charge in [-0.1, -0.05) is 59.8 Å². The zero-order valence-electron chi connectivity index (χ0n) is 23.2. The Morgan fingerprint density at radius 1 is 1.12 bits per heavy atom. The summed E-state index contributed by atoms with van der Waals surface area (Å²) in [4.78, 5) is 25.8. The number of nitrogens with one attached hydrogen (secondary N) is 1. The Hall–Kier alpha value is -3.89. The van der Waals surface area contributed by atoms with Crippen LogP contribution in [-0.2, 0) is 16.1 Å². The molecule has 1 N–H and O–H groups in total. The van der Waals surface area contributed by atoms with E-state index in [-0.39, 0.29) is 17.8 Å². The van der Waals surface area contributed by atoms with E-state index in [0.29, 0.717) is 28.1 Å². The third kappa shape index (κ3) is 6.46. The molecule has 0 aliphatic rings. The Labute approximate surface area is 242 Å². The SMILES string of the molecule is C=CCn1c(SCC(=O)Nc2scc(-c3cc(C)ccc3C)c2C(=O)OC)nnc1C(C)Oc1ccccc1C. The maximum absolute atomic E-state index is 13.0. The van der Waals surface area contributed by atoms with E-state index in [1.165, 1.54) is 30.2 Å². The number of anilines is 1. The van der Waals surface area contributed by atoms with Crippen molar-refractivity contribution in [2.24, 2.45) is 0 Å². The number of thioether (sulfide) groups is 1. The van der Waals surface area contributed by atoms with Crippen molar-refractivity contribution in [3.05, 3.63) is 88.6 Å². The van der Waals surface area contributed by atoms with Crippen molar-refractivity contribution in [2.45, 2.75) is 45.5 Å². The highest BCUT2D eigenvalue weighted by Crippen LogP contribution is 2.38. The number of aryl methyl sites for hydroxylation is 3. The van der Waals surface area contributed by atoms with E-state index < -0.39 is 5.97 Å². The van der Waals surface area contributed by atoms with Crippen LogP contribution in [0.1, 0.15) is 45.9 Å². The second-order valence-corrected chi connectivity index (χ2v) is 11.1. The summed E-state index contributed by atoms with van der Waals surface area (Å²) in [5.41, 5.74) is 5.14. The molecule has 0 bridgehead atoms. The summed E-state index contributed by atoms with van der Waals surface area (Å²) < 4.78 is 13.1. The van der Waals surface area contributed by atoms with Crippen LogP contribution < -0.4 is 10.1 Å². The number of allylic oxidation sites excluding steroid dienone is 1. The number of hydrogen-bond acceptors (Lipinski definition) is 8. The fourth-order valence-corrected chi connectivity index (χ4v) is 5.93. The first-order valence-corrected chi connectivity index (χ1v) is 14.6. The molecule has 2 aromatic carbocycles. The van der Waals surface area contributed by atoms with Gasteiger partial charge in [0.25, 0.3) is 0 Å². The van der Waals surface area contributed by atoms with E-state index >= 15 is 0 Å². The number of methoxy groups -OCH3 is 1. The molecule has 40 heavy (non-hydrogen) atoms. The lowest BCUT2D eigenvalue weighted by Crippen LogP contribution is -2.17. The molecular formula is C30H32N4O4S2. The van der Waals surface area contributed by atoms with Crippen molar-refractivity contribution < 1.29 is 19.1 Å². The summed E-state index contributed by atoms with van der Waals surface area (Å²) in [7, 11) is 1.34. The number of para-hydroxylation sites is 1. The molecule has 4 rings (SSSR count). The number of carbonyl (C=O) groups excluding carboxylic acids is 2. The topological polar surface area (TPSA) is 95.3 Å². The van der Waals surface area contributed by atoms with Crippen LogP contribution in [0.4, 0.5) is 5.00 Å². The maximum Gasteiger partial charge on any atom is 0.341 e. The Kier molecular flexibility index (Phi) is 9.44. The lowest BCUT2D eigenvalue weighted by Gasteiger charge is -2.17.